The number of rotatable bonds is 7. The van der Waals surface area contributed by atoms with Gasteiger partial charge in [-0.3, -0.25) is 4.79 Å². The van der Waals surface area contributed by atoms with Crippen molar-refractivity contribution in [3.05, 3.63) is 112 Å². The van der Waals surface area contributed by atoms with Gasteiger partial charge in [-0.1, -0.05) is 66.2 Å². The molecule has 158 valence electrons. The largest absolute Gasteiger partial charge is 0.478 e. The molecule has 0 aliphatic rings. The van der Waals surface area contributed by atoms with Gasteiger partial charge in [0.25, 0.3) is 0 Å². The molecule has 32 heavy (non-hydrogen) atoms. The minimum absolute atomic E-state index is 0.0288. The Hall–Kier alpha value is -3.76. The fourth-order valence-electron chi connectivity index (χ4n) is 3.54. The molecular formula is C27H20ClNO3. The van der Waals surface area contributed by atoms with E-state index in [1.54, 1.807) is 30.3 Å². The number of benzene rings is 3. The molecule has 5 heteroatoms. The van der Waals surface area contributed by atoms with Gasteiger partial charge in [-0.25, -0.2) is 9.78 Å². The molecule has 0 unspecified atom stereocenters. The second kappa shape index (κ2) is 9.58. The van der Waals surface area contributed by atoms with Crippen LogP contribution in [0, 0.1) is 0 Å². The molecule has 1 heterocycles. The minimum Gasteiger partial charge on any atom is -0.478 e. The van der Waals surface area contributed by atoms with Gasteiger partial charge in [0.05, 0.1) is 16.8 Å². The van der Waals surface area contributed by atoms with Crippen molar-refractivity contribution >= 4 is 46.4 Å². The summed E-state index contributed by atoms with van der Waals surface area (Å²) in [6.45, 7) is 0. The summed E-state index contributed by atoms with van der Waals surface area (Å²) < 4.78 is 0. The number of carboxylic acid groups (broad SMARTS) is 1. The number of fused-ring (bicyclic) bond motifs is 1. The second-order valence-electron chi connectivity index (χ2n) is 7.42. The summed E-state index contributed by atoms with van der Waals surface area (Å²) in [7, 11) is 0. The zero-order chi connectivity index (χ0) is 22.5. The lowest BCUT2D eigenvalue weighted by Crippen LogP contribution is -2.06. The van der Waals surface area contributed by atoms with Crippen LogP contribution in [-0.2, 0) is 6.42 Å². The van der Waals surface area contributed by atoms with E-state index in [2.05, 4.69) is 4.98 Å². The number of hydrogen-bond acceptors (Lipinski definition) is 3. The van der Waals surface area contributed by atoms with Gasteiger partial charge in [-0.05, 0) is 54.0 Å². The number of aromatic carboxylic acids is 1. The van der Waals surface area contributed by atoms with Crippen LogP contribution in [0.2, 0.25) is 5.02 Å². The van der Waals surface area contributed by atoms with E-state index in [4.69, 9.17) is 11.6 Å². The summed E-state index contributed by atoms with van der Waals surface area (Å²) in [5.74, 6) is -1.01. The first-order chi connectivity index (χ1) is 15.5. The first-order valence-corrected chi connectivity index (χ1v) is 10.6. The van der Waals surface area contributed by atoms with Gasteiger partial charge >= 0.3 is 5.97 Å². The number of pyridine rings is 1. The summed E-state index contributed by atoms with van der Waals surface area (Å²) in [5, 5.41) is 11.0. The van der Waals surface area contributed by atoms with Crippen molar-refractivity contribution < 1.29 is 14.7 Å². The highest BCUT2D eigenvalue weighted by Gasteiger charge is 2.12. The maximum atomic E-state index is 12.7. The molecule has 4 nitrogen and oxygen atoms in total. The highest BCUT2D eigenvalue weighted by Crippen LogP contribution is 2.19. The molecular weight excluding hydrogens is 422 g/mol. The first kappa shape index (κ1) is 21.5. The number of nitrogens with zero attached hydrogens (tertiary/aromatic N) is 1. The van der Waals surface area contributed by atoms with E-state index in [0.717, 1.165) is 22.2 Å². The lowest BCUT2D eigenvalue weighted by atomic mass is 9.98. The highest BCUT2D eigenvalue weighted by atomic mass is 35.5. The van der Waals surface area contributed by atoms with Crippen LogP contribution in [0.15, 0.2) is 78.9 Å². The Bertz CT molecular complexity index is 1340. The number of carboxylic acids is 1. The van der Waals surface area contributed by atoms with E-state index in [-0.39, 0.29) is 17.8 Å². The van der Waals surface area contributed by atoms with Crippen LogP contribution in [-0.4, -0.2) is 21.8 Å². The standard InChI is InChI=1S/C27H20ClNO3/c28-22-12-9-20-10-14-23(29-25(20)17-22)13-8-18-4-3-6-21(16-18)26(30)15-11-19-5-1-2-7-24(19)27(31)32/h1-10,12-14,16-17H,11,15H2,(H,31,32)/b13-8+. The summed E-state index contributed by atoms with van der Waals surface area (Å²) in [4.78, 5) is 28.7. The smallest absolute Gasteiger partial charge is 0.335 e. The maximum Gasteiger partial charge on any atom is 0.335 e. The summed E-state index contributed by atoms with van der Waals surface area (Å²) in [6.07, 6.45) is 4.43. The van der Waals surface area contributed by atoms with E-state index in [1.165, 1.54) is 0 Å². The van der Waals surface area contributed by atoms with Crippen LogP contribution < -0.4 is 0 Å². The monoisotopic (exact) mass is 441 g/mol. The average molecular weight is 442 g/mol. The number of hydrogen-bond donors (Lipinski definition) is 1. The molecule has 0 saturated carbocycles. The lowest BCUT2D eigenvalue weighted by Gasteiger charge is -2.06. The average Bonchev–Trinajstić information content (AvgIpc) is 2.81. The van der Waals surface area contributed by atoms with E-state index < -0.39 is 5.97 Å². The molecule has 3 aromatic carbocycles. The molecule has 4 rings (SSSR count). The fraction of sp³-hybridized carbons (Fsp3) is 0.0741. The van der Waals surface area contributed by atoms with Crippen LogP contribution in [0.4, 0.5) is 0 Å². The minimum atomic E-state index is -0.982. The second-order valence-corrected chi connectivity index (χ2v) is 7.85. The zero-order valence-electron chi connectivity index (χ0n) is 17.2. The molecule has 0 atom stereocenters. The number of aryl methyl sites for hydroxylation is 1. The van der Waals surface area contributed by atoms with Gasteiger partial charge in [-0.15, -0.1) is 0 Å². The van der Waals surface area contributed by atoms with Gasteiger partial charge in [-0.2, -0.15) is 0 Å². The highest BCUT2D eigenvalue weighted by molar-refractivity contribution is 6.31. The number of Topliss-reactive ketones (excluding diaryl/α,β-unsaturated/α-hetero) is 1. The fourth-order valence-corrected chi connectivity index (χ4v) is 3.70. The van der Waals surface area contributed by atoms with Gasteiger partial charge in [0.1, 0.15) is 0 Å². The van der Waals surface area contributed by atoms with E-state index in [1.807, 2.05) is 60.7 Å². The van der Waals surface area contributed by atoms with Crippen molar-refractivity contribution in [1.82, 2.24) is 4.98 Å². The van der Waals surface area contributed by atoms with Crippen molar-refractivity contribution in [2.75, 3.05) is 0 Å². The third-order valence-corrected chi connectivity index (χ3v) is 5.44. The third kappa shape index (κ3) is 5.10. The first-order valence-electron chi connectivity index (χ1n) is 10.2. The Kier molecular flexibility index (Phi) is 6.43. The van der Waals surface area contributed by atoms with Crippen LogP contribution >= 0.6 is 11.6 Å². The molecule has 0 bridgehead atoms. The van der Waals surface area contributed by atoms with Crippen molar-refractivity contribution in [3.8, 4) is 0 Å². The van der Waals surface area contributed by atoms with Gasteiger partial charge in [0, 0.05) is 22.4 Å². The Labute approximate surface area is 190 Å². The molecule has 0 aliphatic heterocycles. The summed E-state index contributed by atoms with van der Waals surface area (Å²) >= 11 is 6.06. The van der Waals surface area contributed by atoms with E-state index >= 15 is 0 Å². The van der Waals surface area contributed by atoms with Gasteiger partial charge in [0.15, 0.2) is 5.78 Å². The van der Waals surface area contributed by atoms with Gasteiger partial charge < -0.3 is 5.11 Å². The number of carbonyl (C=O) groups is 2. The SMILES string of the molecule is O=C(CCc1ccccc1C(=O)O)c1cccc(/C=C/c2ccc3ccc(Cl)cc3n2)c1. The number of aromatic nitrogens is 1. The van der Waals surface area contributed by atoms with Crippen LogP contribution in [0.5, 0.6) is 0 Å². The Morgan fingerprint density at radius 3 is 2.56 bits per heavy atom. The molecule has 0 fully saturated rings. The topological polar surface area (TPSA) is 67.3 Å². The van der Waals surface area contributed by atoms with Gasteiger partial charge in [0.2, 0.25) is 0 Å². The predicted molar refractivity (Wildman–Crippen MR) is 128 cm³/mol. The molecule has 4 aromatic rings. The quantitative estimate of drug-likeness (QED) is 0.329. The lowest BCUT2D eigenvalue weighted by molar-refractivity contribution is 0.0695. The van der Waals surface area contributed by atoms with Crippen molar-refractivity contribution in [3.63, 3.8) is 0 Å². The molecule has 0 amide bonds. The third-order valence-electron chi connectivity index (χ3n) is 5.20. The Morgan fingerprint density at radius 1 is 0.906 bits per heavy atom. The number of halogens is 1. The Balaban J connectivity index is 1.47. The molecule has 0 aliphatic carbocycles. The molecule has 0 saturated heterocycles. The van der Waals surface area contributed by atoms with E-state index in [0.29, 0.717) is 22.6 Å². The van der Waals surface area contributed by atoms with Crippen LogP contribution in [0.1, 0.15) is 44.0 Å². The summed E-state index contributed by atoms with van der Waals surface area (Å²) in [6, 6.07) is 23.7. The maximum absolute atomic E-state index is 12.7. The predicted octanol–water partition coefficient (Wildman–Crippen LogP) is 6.57. The molecule has 0 spiro atoms. The normalized spacial score (nSPS) is 11.2. The van der Waals surface area contributed by atoms with Crippen molar-refractivity contribution in [1.29, 1.82) is 0 Å². The van der Waals surface area contributed by atoms with Crippen molar-refractivity contribution in [2.24, 2.45) is 0 Å². The Morgan fingerprint density at radius 2 is 1.72 bits per heavy atom. The molecule has 1 N–H and O–H groups in total. The van der Waals surface area contributed by atoms with Crippen LogP contribution in [0.25, 0.3) is 23.1 Å². The van der Waals surface area contributed by atoms with E-state index in [9.17, 15) is 14.7 Å². The summed E-state index contributed by atoms with van der Waals surface area (Å²) in [5.41, 5.74) is 3.99. The number of ketones is 1. The van der Waals surface area contributed by atoms with Crippen LogP contribution in [0.3, 0.4) is 0 Å². The van der Waals surface area contributed by atoms with Crippen molar-refractivity contribution in [2.45, 2.75) is 12.8 Å². The molecule has 0 radical (unpaired) electrons. The molecule has 1 aromatic heterocycles. The number of carbonyl (C=O) groups excluding carboxylic acids is 1. The zero-order valence-corrected chi connectivity index (χ0v) is 17.9.